The van der Waals surface area contributed by atoms with Crippen LogP contribution in [0.25, 0.3) is 8.25 Å². The number of sulfonamides is 4. The second-order valence-electron chi connectivity index (χ2n) is 13.7. The standard InChI is InChI=1S/2C14H23N4.2C2F6NO4S2.2ClH.Pd/c2*1-5-6-7-16-8-9-17(14(16)4)11-18-13(3)10-12(2)15-18;2*3-1(4,5)14(10,11)9-15(12,13)2(6,7)8;;;/h2*8-10H,5-7,11H2,1-4H3;;;2*1H;/q2*+1;2*-1;;;+2/p-2. The predicted octanol–water partition coefficient (Wildman–Crippen LogP) is 7.90. The van der Waals surface area contributed by atoms with Crippen molar-refractivity contribution in [1.29, 1.82) is 0 Å². The van der Waals surface area contributed by atoms with E-state index < -0.39 is 62.1 Å². The van der Waals surface area contributed by atoms with Crippen molar-refractivity contribution >= 4 is 59.2 Å². The minimum atomic E-state index is -6.72. The van der Waals surface area contributed by atoms with E-state index in [1.807, 2.05) is 23.2 Å². The maximum absolute atomic E-state index is 11.4. The normalized spacial score (nSPS) is 12.8. The third kappa shape index (κ3) is 20.9. The van der Waals surface area contributed by atoms with Crippen molar-refractivity contribution in [2.75, 3.05) is 0 Å². The summed E-state index contributed by atoms with van der Waals surface area (Å²) in [6.07, 6.45) is 13.5. The van der Waals surface area contributed by atoms with Gasteiger partial charge < -0.3 is 8.25 Å². The Morgan fingerprint density at radius 1 is 0.536 bits per heavy atom. The van der Waals surface area contributed by atoms with Gasteiger partial charge in [-0.1, -0.05) is 26.7 Å². The number of halogens is 14. The molecule has 0 atom stereocenters. The van der Waals surface area contributed by atoms with Crippen molar-refractivity contribution in [3.8, 4) is 0 Å². The second-order valence-corrected chi connectivity index (χ2v) is 22.9. The van der Waals surface area contributed by atoms with Crippen molar-refractivity contribution in [2.24, 2.45) is 0 Å². The molecule has 4 heterocycles. The van der Waals surface area contributed by atoms with Gasteiger partial charge in [-0.2, -0.15) is 62.9 Å². The summed E-state index contributed by atoms with van der Waals surface area (Å²) in [4.78, 5) is 0. The van der Waals surface area contributed by atoms with Gasteiger partial charge in [0.25, 0.3) is 11.6 Å². The molecule has 0 spiro atoms. The second kappa shape index (κ2) is 26.6. The molecule has 0 radical (unpaired) electrons. The van der Waals surface area contributed by atoms with Crippen molar-refractivity contribution in [1.82, 2.24) is 28.7 Å². The van der Waals surface area contributed by atoms with E-state index >= 15 is 0 Å². The molecular weight excluding hydrogens is 1190 g/mol. The SMILES string of the molecule is CCCCn1cc[n+](Cn2nc(C)cc2C)c1C.CCCCn1cc[n+](Cn2nc(C)cc2C)c1C.O=S(=O)([N-]S(=O)(=O)C(F)(F)F)C(F)(F)F.O=S(=O)([N-]S(=O)(=O)C(F)(F)F)C(F)(F)F.[Cl][Pd][Cl]. The summed E-state index contributed by atoms with van der Waals surface area (Å²) < 4.78 is 232. The van der Waals surface area contributed by atoms with E-state index in [9.17, 15) is 86.4 Å². The first-order chi connectivity index (χ1) is 31.1. The predicted molar refractivity (Wildman–Crippen MR) is 221 cm³/mol. The van der Waals surface area contributed by atoms with E-state index in [1.54, 1.807) is 0 Å². The van der Waals surface area contributed by atoms with Gasteiger partial charge in [-0.3, -0.25) is 0 Å². The Balaban J connectivity index is 0.000000880. The summed E-state index contributed by atoms with van der Waals surface area (Å²) in [5.74, 6) is 2.58. The first kappa shape index (κ1) is 66.0. The molecule has 0 aromatic carbocycles. The number of aromatic nitrogens is 8. The van der Waals surface area contributed by atoms with Gasteiger partial charge in [-0.25, -0.2) is 61.3 Å². The van der Waals surface area contributed by atoms with E-state index in [2.05, 4.69) is 107 Å². The van der Waals surface area contributed by atoms with Gasteiger partial charge in [0.2, 0.25) is 0 Å². The molecule has 0 aliphatic heterocycles. The molecule has 4 aromatic heterocycles. The van der Waals surface area contributed by atoms with Crippen LogP contribution in [0.3, 0.4) is 0 Å². The van der Waals surface area contributed by atoms with E-state index in [0.29, 0.717) is 0 Å². The number of nitrogens with zero attached hydrogens (tertiary/aromatic N) is 10. The van der Waals surface area contributed by atoms with Crippen LogP contribution in [-0.2, 0) is 82.5 Å². The van der Waals surface area contributed by atoms with Gasteiger partial charge in [0.15, 0.2) is 53.4 Å². The molecule has 0 unspecified atom stereocenters. The Morgan fingerprint density at radius 2 is 0.783 bits per heavy atom. The first-order valence-corrected chi connectivity index (χ1v) is 28.5. The Labute approximate surface area is 406 Å². The van der Waals surface area contributed by atoms with Crippen molar-refractivity contribution in [3.63, 3.8) is 0 Å². The third-order valence-corrected chi connectivity index (χ3v) is 13.8. The summed E-state index contributed by atoms with van der Waals surface area (Å²) in [7, 11) is -17.3. The molecule has 0 aliphatic rings. The number of unbranched alkanes of at least 4 members (excludes halogenated alkanes) is 2. The van der Waals surface area contributed by atoms with Crippen LogP contribution in [0.1, 0.15) is 74.0 Å². The van der Waals surface area contributed by atoms with Crippen molar-refractivity contribution < 1.29 is 111 Å². The molecule has 0 aliphatic carbocycles. The molecule has 0 bridgehead atoms. The molecule has 4 aromatic rings. The number of aryl methyl sites for hydroxylation is 6. The fraction of sp³-hybridized carbons (Fsp3) is 0.625. The van der Waals surface area contributed by atoms with Crippen LogP contribution < -0.4 is 9.13 Å². The molecule has 404 valence electrons. The monoisotopic (exact) mass is 1230 g/mol. The number of imidazole rings is 2. The summed E-state index contributed by atoms with van der Waals surface area (Å²) in [5.41, 5.74) is -20.2. The number of hydrogen-bond donors (Lipinski definition) is 0. The molecule has 69 heavy (non-hydrogen) atoms. The molecule has 0 fully saturated rings. The van der Waals surface area contributed by atoms with Crippen LogP contribution in [0.5, 0.6) is 0 Å². The average molecular weight is 1230 g/mol. The topological polar surface area (TPSA) is 218 Å². The summed E-state index contributed by atoms with van der Waals surface area (Å²) >= 11 is -0.106. The van der Waals surface area contributed by atoms with Gasteiger partial charge >= 0.3 is 57.0 Å². The zero-order chi connectivity index (χ0) is 54.4. The number of alkyl halides is 12. The van der Waals surface area contributed by atoms with E-state index in [4.69, 9.17) is 19.1 Å². The van der Waals surface area contributed by atoms with Crippen LogP contribution in [0.4, 0.5) is 52.7 Å². The first-order valence-electron chi connectivity index (χ1n) is 18.7. The maximum atomic E-state index is 11.4. The quantitative estimate of drug-likeness (QED) is 0.0675. The van der Waals surface area contributed by atoms with Gasteiger partial charge in [0.1, 0.15) is 24.8 Å². The number of rotatable bonds is 14. The third-order valence-electron chi connectivity index (χ3n) is 8.36. The minimum absolute atomic E-state index is 0.106. The molecule has 0 amide bonds. The molecule has 18 nitrogen and oxygen atoms in total. The van der Waals surface area contributed by atoms with Crippen LogP contribution in [-0.4, -0.2) is 84.4 Å². The van der Waals surface area contributed by atoms with E-state index in [-0.39, 0.29) is 15.9 Å². The Kier molecular flexibility index (Phi) is 25.4. The summed E-state index contributed by atoms with van der Waals surface area (Å²) in [6, 6.07) is 4.23. The van der Waals surface area contributed by atoms with Gasteiger partial charge in [-0.05, 0) is 52.7 Å². The van der Waals surface area contributed by atoms with Crippen LogP contribution >= 0.6 is 19.1 Å². The fourth-order valence-corrected chi connectivity index (χ4v) is 8.28. The van der Waals surface area contributed by atoms with Gasteiger partial charge in [0, 0.05) is 25.2 Å². The zero-order valence-corrected chi connectivity index (χ0v) is 43.4. The molecule has 37 heteroatoms. The van der Waals surface area contributed by atoms with Gasteiger partial charge in [-0.15, -0.1) is 0 Å². The molecule has 4 rings (SSSR count). The van der Waals surface area contributed by atoms with Crippen LogP contribution in [0.15, 0.2) is 36.9 Å². The summed E-state index contributed by atoms with van der Waals surface area (Å²) in [6.45, 7) is 20.9. The Bertz CT molecular complexity index is 2440. The van der Waals surface area contributed by atoms with Crippen molar-refractivity contribution in [2.45, 2.75) is 130 Å². The molecule has 0 saturated carbocycles. The van der Waals surface area contributed by atoms with Crippen molar-refractivity contribution in [3.05, 3.63) is 79.6 Å². The number of hydrogen-bond acceptors (Lipinski definition) is 10. The van der Waals surface area contributed by atoms with Crippen LogP contribution in [0, 0.1) is 41.5 Å². The Hall–Kier alpha value is -3.04. The van der Waals surface area contributed by atoms with Gasteiger partial charge in [0.05, 0.1) is 24.5 Å². The average Bonchev–Trinajstić information content (AvgIpc) is 3.89. The van der Waals surface area contributed by atoms with E-state index in [0.717, 1.165) is 46.1 Å². The summed E-state index contributed by atoms with van der Waals surface area (Å²) in [5, 5.41) is 9.01. The molecule has 0 N–H and O–H groups in total. The van der Waals surface area contributed by atoms with E-state index in [1.165, 1.54) is 48.7 Å². The van der Waals surface area contributed by atoms with Crippen LogP contribution in [0.2, 0.25) is 0 Å². The molecular formula is C32H46Cl2F12N10O8PdS4. The zero-order valence-electron chi connectivity index (χ0n) is 37.1. The fourth-order valence-electron chi connectivity index (χ4n) is 4.86. The Morgan fingerprint density at radius 3 is 0.971 bits per heavy atom. The molecule has 0 saturated heterocycles.